The monoisotopic (exact) mass is 253 g/mol. The molecule has 6 nitrogen and oxygen atoms in total. The van der Waals surface area contributed by atoms with Crippen molar-refractivity contribution in [3.63, 3.8) is 0 Å². The standard InChI is InChI=1S/C7H11NO5S2/c9-6-5-13-7(14)8(6)3-1-2-4-15(10,11)12/h1-5H2,(H,10,11,12). The molecule has 0 unspecified atom stereocenters. The molecule has 0 aromatic heterocycles. The Balaban J connectivity index is 2.26. The summed E-state index contributed by atoms with van der Waals surface area (Å²) in [5.74, 6) is -0.519. The highest BCUT2D eigenvalue weighted by atomic mass is 32.2. The van der Waals surface area contributed by atoms with E-state index in [0.717, 1.165) is 0 Å². The van der Waals surface area contributed by atoms with E-state index in [0.29, 0.717) is 13.0 Å². The molecule has 0 aromatic rings. The third-order valence-electron chi connectivity index (χ3n) is 1.87. The van der Waals surface area contributed by atoms with Crippen molar-refractivity contribution in [2.24, 2.45) is 0 Å². The lowest BCUT2D eigenvalue weighted by molar-refractivity contribution is -0.125. The van der Waals surface area contributed by atoms with Gasteiger partial charge in [0.05, 0.1) is 5.75 Å². The van der Waals surface area contributed by atoms with Gasteiger partial charge in [-0.25, -0.2) is 0 Å². The Hall–Kier alpha value is -0.730. The molecule has 8 heteroatoms. The minimum atomic E-state index is -3.91. The van der Waals surface area contributed by atoms with Gasteiger partial charge in [0.25, 0.3) is 21.2 Å². The van der Waals surface area contributed by atoms with Crippen molar-refractivity contribution in [3.05, 3.63) is 0 Å². The van der Waals surface area contributed by atoms with Gasteiger partial charge in [0.2, 0.25) is 0 Å². The number of thiocarbonyl (C=S) groups is 1. The Morgan fingerprint density at radius 1 is 1.47 bits per heavy atom. The van der Waals surface area contributed by atoms with E-state index in [1.54, 1.807) is 0 Å². The highest BCUT2D eigenvalue weighted by molar-refractivity contribution is 7.85. The number of hydrogen-bond donors (Lipinski definition) is 1. The fraction of sp³-hybridized carbons (Fsp3) is 0.714. The minimum absolute atomic E-state index is 0.0445. The highest BCUT2D eigenvalue weighted by Gasteiger charge is 2.26. The zero-order chi connectivity index (χ0) is 11.5. The van der Waals surface area contributed by atoms with Crippen molar-refractivity contribution in [3.8, 4) is 0 Å². The molecule has 0 atom stereocenters. The molecule has 86 valence electrons. The number of rotatable bonds is 5. The van der Waals surface area contributed by atoms with Crippen LogP contribution in [0, 0.1) is 0 Å². The highest BCUT2D eigenvalue weighted by Crippen LogP contribution is 2.07. The van der Waals surface area contributed by atoms with Crippen molar-refractivity contribution in [1.29, 1.82) is 0 Å². The van der Waals surface area contributed by atoms with Crippen LogP contribution in [0.4, 0.5) is 0 Å². The topological polar surface area (TPSA) is 83.9 Å². The number of ether oxygens (including phenoxy) is 1. The molecule has 1 N–H and O–H groups in total. The van der Waals surface area contributed by atoms with Crippen LogP contribution in [0.25, 0.3) is 0 Å². The van der Waals surface area contributed by atoms with Crippen molar-refractivity contribution in [2.45, 2.75) is 12.8 Å². The lowest BCUT2D eigenvalue weighted by Gasteiger charge is -2.11. The van der Waals surface area contributed by atoms with Gasteiger partial charge in [0.15, 0.2) is 6.61 Å². The Labute approximate surface area is 92.9 Å². The summed E-state index contributed by atoms with van der Waals surface area (Å²) in [4.78, 5) is 12.4. The van der Waals surface area contributed by atoms with Crippen LogP contribution in [0.3, 0.4) is 0 Å². The maximum absolute atomic E-state index is 11.1. The van der Waals surface area contributed by atoms with Crippen molar-refractivity contribution >= 4 is 33.4 Å². The minimum Gasteiger partial charge on any atom is -0.460 e. The summed E-state index contributed by atoms with van der Waals surface area (Å²) in [5.41, 5.74) is 0. The fourth-order valence-corrected chi connectivity index (χ4v) is 1.97. The number of amides is 1. The third kappa shape index (κ3) is 4.10. The van der Waals surface area contributed by atoms with Gasteiger partial charge in [-0.15, -0.1) is 0 Å². The van der Waals surface area contributed by atoms with E-state index < -0.39 is 10.1 Å². The molecule has 0 saturated carbocycles. The molecule has 1 aliphatic heterocycles. The van der Waals surface area contributed by atoms with E-state index in [1.807, 2.05) is 0 Å². The van der Waals surface area contributed by atoms with E-state index >= 15 is 0 Å². The van der Waals surface area contributed by atoms with Crippen LogP contribution in [-0.2, 0) is 19.6 Å². The molecule has 0 radical (unpaired) electrons. The van der Waals surface area contributed by atoms with Gasteiger partial charge in [0.1, 0.15) is 0 Å². The van der Waals surface area contributed by atoms with Crippen LogP contribution < -0.4 is 0 Å². The summed E-state index contributed by atoms with van der Waals surface area (Å²) in [7, 11) is -3.91. The zero-order valence-corrected chi connectivity index (χ0v) is 9.51. The first-order valence-electron chi connectivity index (χ1n) is 4.32. The van der Waals surface area contributed by atoms with Gasteiger partial charge in [-0.2, -0.15) is 8.42 Å². The van der Waals surface area contributed by atoms with Gasteiger partial charge in [0, 0.05) is 6.54 Å². The first kappa shape index (κ1) is 12.3. The molecular formula is C7H11NO5S2. The van der Waals surface area contributed by atoms with Crippen LogP contribution in [0.1, 0.15) is 12.8 Å². The van der Waals surface area contributed by atoms with Crippen LogP contribution >= 0.6 is 12.2 Å². The molecular weight excluding hydrogens is 242 g/mol. The largest absolute Gasteiger partial charge is 0.460 e. The molecule has 15 heavy (non-hydrogen) atoms. The molecule has 1 rings (SSSR count). The van der Waals surface area contributed by atoms with E-state index in [-0.39, 0.29) is 29.9 Å². The molecule has 1 saturated heterocycles. The summed E-state index contributed by atoms with van der Waals surface area (Å²) < 4.78 is 34.0. The van der Waals surface area contributed by atoms with E-state index in [9.17, 15) is 13.2 Å². The van der Waals surface area contributed by atoms with Gasteiger partial charge in [-0.05, 0) is 25.1 Å². The van der Waals surface area contributed by atoms with E-state index in [1.165, 1.54) is 4.90 Å². The van der Waals surface area contributed by atoms with Crippen molar-refractivity contribution in [2.75, 3.05) is 18.9 Å². The van der Waals surface area contributed by atoms with Crippen molar-refractivity contribution in [1.82, 2.24) is 4.90 Å². The second-order valence-corrected chi connectivity index (χ2v) is 5.01. The van der Waals surface area contributed by atoms with Gasteiger partial charge >= 0.3 is 0 Å². The number of carbonyl (C=O) groups excluding carboxylic acids is 1. The van der Waals surface area contributed by atoms with Crippen LogP contribution in [-0.4, -0.2) is 47.9 Å². The van der Waals surface area contributed by atoms with Gasteiger partial charge in [-0.3, -0.25) is 14.2 Å². The average molecular weight is 253 g/mol. The summed E-state index contributed by atoms with van der Waals surface area (Å²) in [6.45, 7) is 0.282. The quantitative estimate of drug-likeness (QED) is 0.415. The lowest BCUT2D eigenvalue weighted by Crippen LogP contribution is -2.30. The van der Waals surface area contributed by atoms with Crippen LogP contribution in [0.2, 0.25) is 0 Å². The maximum Gasteiger partial charge on any atom is 0.267 e. The summed E-state index contributed by atoms with van der Waals surface area (Å²) >= 11 is 4.76. The summed E-state index contributed by atoms with van der Waals surface area (Å²) in [6.07, 6.45) is 0.736. The third-order valence-corrected chi connectivity index (χ3v) is 3.02. The Morgan fingerprint density at radius 3 is 2.60 bits per heavy atom. The first-order chi connectivity index (χ1) is 6.90. The zero-order valence-electron chi connectivity index (χ0n) is 7.88. The SMILES string of the molecule is O=C1COC(=S)N1CCCCS(=O)(=O)O. The molecule has 1 aliphatic rings. The predicted molar refractivity (Wildman–Crippen MR) is 55.9 cm³/mol. The summed E-state index contributed by atoms with van der Waals surface area (Å²) in [6, 6.07) is 0. The number of unbranched alkanes of at least 4 members (excludes halogenated alkanes) is 1. The number of carbonyl (C=O) groups is 1. The van der Waals surface area contributed by atoms with Crippen molar-refractivity contribution < 1.29 is 22.5 Å². The second-order valence-electron chi connectivity index (χ2n) is 3.09. The summed E-state index contributed by atoms with van der Waals surface area (Å²) in [5, 5.41) is 0.131. The van der Waals surface area contributed by atoms with Gasteiger partial charge < -0.3 is 4.74 Å². The molecule has 1 fully saturated rings. The average Bonchev–Trinajstić information content (AvgIpc) is 2.40. The Kier molecular flexibility index (Phi) is 4.00. The molecule has 0 aliphatic carbocycles. The predicted octanol–water partition coefficient (Wildman–Crippen LogP) is -0.202. The first-order valence-corrected chi connectivity index (χ1v) is 6.34. The molecule has 1 amide bonds. The normalized spacial score (nSPS) is 17.0. The molecule has 0 aromatic carbocycles. The lowest BCUT2D eigenvalue weighted by atomic mass is 10.3. The van der Waals surface area contributed by atoms with Crippen LogP contribution in [0.5, 0.6) is 0 Å². The Morgan fingerprint density at radius 2 is 2.13 bits per heavy atom. The molecule has 0 bridgehead atoms. The number of nitrogens with zero attached hydrogens (tertiary/aromatic N) is 1. The smallest absolute Gasteiger partial charge is 0.267 e. The van der Waals surface area contributed by atoms with Gasteiger partial charge in [-0.1, -0.05) is 0 Å². The number of hydrogen-bond acceptors (Lipinski definition) is 5. The second kappa shape index (κ2) is 4.86. The van der Waals surface area contributed by atoms with E-state index in [4.69, 9.17) is 21.5 Å². The maximum atomic E-state index is 11.1. The van der Waals surface area contributed by atoms with Crippen LogP contribution in [0.15, 0.2) is 0 Å². The Bertz CT molecular complexity index is 348. The molecule has 0 spiro atoms. The molecule has 1 heterocycles. The fourth-order valence-electron chi connectivity index (χ4n) is 1.15. The van der Waals surface area contributed by atoms with E-state index in [2.05, 4.69) is 0 Å².